The van der Waals surface area contributed by atoms with Crippen LogP contribution in [0.25, 0.3) is 0 Å². The summed E-state index contributed by atoms with van der Waals surface area (Å²) in [6.45, 7) is 0.517. The van der Waals surface area contributed by atoms with Gasteiger partial charge in [0.1, 0.15) is 5.75 Å². The molecule has 5 nitrogen and oxygen atoms in total. The average molecular weight is 598 g/mol. The SMILES string of the molecule is O=S(=O)([OH+]S(c1ccccc1)(c1ccccc1)c1cccc(OC2CCCO2)c1)c1c(F)c(F)c(F)c(F)c1F. The number of benzene rings is 4. The average Bonchev–Trinajstić information content (AvgIpc) is 3.48. The molecule has 5 rings (SSSR count). The molecule has 0 bridgehead atoms. The summed E-state index contributed by atoms with van der Waals surface area (Å²) in [5.41, 5.74) is 0. The summed E-state index contributed by atoms with van der Waals surface area (Å²) in [4.78, 5) is -1.11. The van der Waals surface area contributed by atoms with Crippen molar-refractivity contribution in [1.29, 1.82) is 0 Å². The maximum atomic E-state index is 14.8. The first-order chi connectivity index (χ1) is 19.1. The molecule has 0 aliphatic carbocycles. The predicted octanol–water partition coefficient (Wildman–Crippen LogP) is 7.58. The van der Waals surface area contributed by atoms with E-state index in [0.29, 0.717) is 28.6 Å². The molecular weight excluding hydrogens is 575 g/mol. The molecule has 0 spiro atoms. The van der Waals surface area contributed by atoms with Gasteiger partial charge in [-0.3, -0.25) is 3.63 Å². The van der Waals surface area contributed by atoms with E-state index in [4.69, 9.17) is 9.47 Å². The van der Waals surface area contributed by atoms with Gasteiger partial charge in [-0.05, 0) is 48.9 Å². The van der Waals surface area contributed by atoms with Gasteiger partial charge in [0.2, 0.25) is 10.7 Å². The van der Waals surface area contributed by atoms with Crippen LogP contribution in [-0.4, -0.2) is 24.9 Å². The first-order valence-electron chi connectivity index (χ1n) is 12.0. The number of ether oxygens (including phenoxy) is 2. The van der Waals surface area contributed by atoms with Gasteiger partial charge in [-0.1, -0.05) is 42.5 Å². The van der Waals surface area contributed by atoms with E-state index >= 15 is 0 Å². The van der Waals surface area contributed by atoms with Crippen molar-refractivity contribution in [2.45, 2.75) is 38.7 Å². The fourth-order valence-electron chi connectivity index (χ4n) is 4.29. The van der Waals surface area contributed by atoms with E-state index in [1.54, 1.807) is 78.9 Å². The standard InChI is InChI=1S/C28H21F5O5S2/c29-23-24(30)26(32)28(27(33)25(23)31)40(34,35)38-39(19-10-3-1-4-11-19,20-12-5-2-6-13-20)21-14-7-9-18(17-21)37-22-15-8-16-36-22/h1-7,9-14,17,22H,8,15-16H2/p+1. The number of halogens is 5. The molecule has 0 radical (unpaired) electrons. The largest absolute Gasteiger partial charge is 0.465 e. The van der Waals surface area contributed by atoms with Crippen LogP contribution in [0.4, 0.5) is 22.0 Å². The molecule has 210 valence electrons. The highest BCUT2D eigenvalue weighted by molar-refractivity contribution is 8.32. The van der Waals surface area contributed by atoms with Crippen LogP contribution in [0.5, 0.6) is 5.75 Å². The second-order valence-corrected chi connectivity index (χ2v) is 13.2. The Hall–Kier alpha value is -3.45. The van der Waals surface area contributed by atoms with Crippen molar-refractivity contribution in [3.05, 3.63) is 114 Å². The number of hydrogen-bond donors (Lipinski definition) is 0. The minimum atomic E-state index is -5.52. The molecule has 1 unspecified atom stereocenters. The van der Waals surface area contributed by atoms with Crippen LogP contribution in [0.2, 0.25) is 0 Å². The van der Waals surface area contributed by atoms with Gasteiger partial charge in [0.25, 0.3) is 0 Å². The third kappa shape index (κ3) is 5.07. The molecule has 4 aromatic rings. The quantitative estimate of drug-likeness (QED) is 0.0691. The Labute approximate surface area is 228 Å². The number of rotatable bonds is 8. The summed E-state index contributed by atoms with van der Waals surface area (Å²) in [7, 11) is -8.84. The monoisotopic (exact) mass is 597 g/mol. The van der Waals surface area contributed by atoms with E-state index in [9.17, 15) is 30.4 Å². The first-order valence-corrected chi connectivity index (χ1v) is 15.0. The zero-order valence-electron chi connectivity index (χ0n) is 20.6. The van der Waals surface area contributed by atoms with Crippen LogP contribution in [0, 0.1) is 29.1 Å². The van der Waals surface area contributed by atoms with E-state index in [1.807, 2.05) is 0 Å². The van der Waals surface area contributed by atoms with Crippen LogP contribution < -0.4 is 4.74 Å². The van der Waals surface area contributed by atoms with Gasteiger partial charge >= 0.3 is 10.1 Å². The topological polar surface area (TPSA) is 65.4 Å². The fourth-order valence-corrected chi connectivity index (χ4v) is 9.91. The Bertz CT molecular complexity index is 1560. The maximum Gasteiger partial charge on any atom is 0.428 e. The van der Waals surface area contributed by atoms with Crippen molar-refractivity contribution in [3.8, 4) is 5.75 Å². The van der Waals surface area contributed by atoms with Crippen molar-refractivity contribution < 1.29 is 43.5 Å². The highest BCUT2D eigenvalue weighted by atomic mass is 32.3. The van der Waals surface area contributed by atoms with E-state index < -0.39 is 60.7 Å². The molecule has 1 aliphatic rings. The van der Waals surface area contributed by atoms with Crippen molar-refractivity contribution in [1.82, 2.24) is 0 Å². The summed E-state index contributed by atoms with van der Waals surface area (Å²) in [6, 6.07) is 22.5. The minimum Gasteiger partial charge on any atom is -0.465 e. The van der Waals surface area contributed by atoms with Crippen molar-refractivity contribution >= 4 is 20.4 Å². The van der Waals surface area contributed by atoms with E-state index in [1.165, 1.54) is 6.07 Å². The lowest BCUT2D eigenvalue weighted by atomic mass is 10.3. The van der Waals surface area contributed by atoms with Gasteiger partial charge in [-0.25, -0.2) is 22.0 Å². The lowest BCUT2D eigenvalue weighted by Crippen LogP contribution is -2.22. The molecule has 4 aromatic carbocycles. The van der Waals surface area contributed by atoms with Crippen molar-refractivity contribution in [3.63, 3.8) is 0 Å². The Morgan fingerprint density at radius 1 is 0.700 bits per heavy atom. The molecular formula is C28H22F5O5S2+. The normalized spacial score (nSPS) is 16.2. The predicted molar refractivity (Wildman–Crippen MR) is 137 cm³/mol. The van der Waals surface area contributed by atoms with Gasteiger partial charge in [-0.2, -0.15) is 0 Å². The van der Waals surface area contributed by atoms with Gasteiger partial charge in [0, 0.05) is 6.42 Å². The molecule has 1 heterocycles. The van der Waals surface area contributed by atoms with Crippen LogP contribution >= 0.6 is 10.3 Å². The lowest BCUT2D eigenvalue weighted by Gasteiger charge is -2.35. The fraction of sp³-hybridized carbons (Fsp3) is 0.143. The van der Waals surface area contributed by atoms with E-state index in [0.717, 1.165) is 6.42 Å². The second-order valence-electron chi connectivity index (χ2n) is 8.69. The summed E-state index contributed by atoms with van der Waals surface area (Å²) >= 11 is 0. The highest BCUT2D eigenvalue weighted by Crippen LogP contribution is 2.69. The number of hydrogen-bond acceptors (Lipinski definition) is 4. The summed E-state index contributed by atoms with van der Waals surface area (Å²) < 4.78 is 114. The van der Waals surface area contributed by atoms with E-state index in [2.05, 4.69) is 3.63 Å². The highest BCUT2D eigenvalue weighted by Gasteiger charge is 2.47. The van der Waals surface area contributed by atoms with Gasteiger partial charge in [0.05, 0.1) is 31.6 Å². The Kier molecular flexibility index (Phi) is 7.87. The van der Waals surface area contributed by atoms with Crippen molar-refractivity contribution in [2.24, 2.45) is 0 Å². The zero-order chi connectivity index (χ0) is 28.5. The first kappa shape index (κ1) is 28.1. The molecule has 1 fully saturated rings. The van der Waals surface area contributed by atoms with Crippen LogP contribution in [0.3, 0.4) is 0 Å². The van der Waals surface area contributed by atoms with Crippen LogP contribution in [-0.2, 0) is 14.9 Å². The summed E-state index contributed by atoms with van der Waals surface area (Å²) in [5.74, 6) is -11.9. The Morgan fingerprint density at radius 3 is 1.75 bits per heavy atom. The molecule has 12 heteroatoms. The Balaban J connectivity index is 1.76. The summed E-state index contributed by atoms with van der Waals surface area (Å²) in [5, 5.41) is 0. The van der Waals surface area contributed by atoms with Gasteiger partial charge in [0.15, 0.2) is 29.6 Å². The van der Waals surface area contributed by atoms with E-state index in [-0.39, 0.29) is 4.90 Å². The lowest BCUT2D eigenvalue weighted by molar-refractivity contribution is -0.0391. The van der Waals surface area contributed by atoms with Crippen molar-refractivity contribution in [2.75, 3.05) is 6.61 Å². The molecule has 0 aromatic heterocycles. The van der Waals surface area contributed by atoms with Crippen LogP contribution in [0.15, 0.2) is 105 Å². The molecule has 0 amide bonds. The van der Waals surface area contributed by atoms with Gasteiger partial charge in [-0.15, -0.1) is 8.42 Å². The molecule has 1 atom stereocenters. The second kappa shape index (κ2) is 11.2. The molecule has 40 heavy (non-hydrogen) atoms. The third-order valence-electron chi connectivity index (χ3n) is 6.11. The minimum absolute atomic E-state index is 0.271. The molecule has 1 aliphatic heterocycles. The van der Waals surface area contributed by atoms with Gasteiger partial charge < -0.3 is 9.47 Å². The smallest absolute Gasteiger partial charge is 0.428 e. The van der Waals surface area contributed by atoms with Crippen LogP contribution in [0.1, 0.15) is 12.8 Å². The molecule has 1 N–H and O–H groups in total. The molecule has 1 saturated heterocycles. The third-order valence-corrected chi connectivity index (χ3v) is 11.5. The molecule has 0 saturated carbocycles. The Morgan fingerprint density at radius 2 is 1.23 bits per heavy atom. The zero-order valence-corrected chi connectivity index (χ0v) is 22.2. The summed E-state index contributed by atoms with van der Waals surface area (Å²) in [6.07, 6.45) is 0.906. The maximum absolute atomic E-state index is 14.8.